The zero-order valence-corrected chi connectivity index (χ0v) is 7.97. The van der Waals surface area contributed by atoms with Crippen LogP contribution in [-0.2, 0) is 4.74 Å². The van der Waals surface area contributed by atoms with E-state index in [9.17, 15) is 4.39 Å². The van der Waals surface area contributed by atoms with Gasteiger partial charge in [0.25, 0.3) is 0 Å². The van der Waals surface area contributed by atoms with Gasteiger partial charge in [0.15, 0.2) is 0 Å². The van der Waals surface area contributed by atoms with E-state index in [2.05, 4.69) is 5.32 Å². The first kappa shape index (κ1) is 9.41. The molecule has 2 aliphatic rings. The minimum absolute atomic E-state index is 0.128. The molecule has 0 aromatic carbocycles. The van der Waals surface area contributed by atoms with Crippen LogP contribution in [0.5, 0.6) is 0 Å². The lowest BCUT2D eigenvalue weighted by molar-refractivity contribution is 0.0719. The number of hydrogen-bond acceptors (Lipinski definition) is 2. The topological polar surface area (TPSA) is 21.3 Å². The summed E-state index contributed by atoms with van der Waals surface area (Å²) in [4.78, 5) is 0. The highest BCUT2D eigenvalue weighted by molar-refractivity contribution is 4.86. The van der Waals surface area contributed by atoms with Crippen molar-refractivity contribution in [2.24, 2.45) is 0 Å². The fraction of sp³-hybridized carbons (Fsp3) is 1.00. The Kier molecular flexibility index (Phi) is 3.17. The summed E-state index contributed by atoms with van der Waals surface area (Å²) in [7, 11) is 0. The Balaban J connectivity index is 1.75. The summed E-state index contributed by atoms with van der Waals surface area (Å²) >= 11 is 0. The van der Waals surface area contributed by atoms with Gasteiger partial charge in [-0.25, -0.2) is 4.39 Å². The molecule has 1 saturated carbocycles. The van der Waals surface area contributed by atoms with Gasteiger partial charge in [0, 0.05) is 25.3 Å². The number of alkyl halides is 1. The minimum Gasteiger partial charge on any atom is -0.381 e. The Morgan fingerprint density at radius 1 is 1.08 bits per heavy atom. The van der Waals surface area contributed by atoms with Gasteiger partial charge in [-0.2, -0.15) is 0 Å². The lowest BCUT2D eigenvalue weighted by atomic mass is 10.1. The van der Waals surface area contributed by atoms with Crippen LogP contribution in [0.25, 0.3) is 0 Å². The minimum atomic E-state index is -0.608. The maximum atomic E-state index is 13.2. The van der Waals surface area contributed by atoms with Gasteiger partial charge >= 0.3 is 0 Å². The number of ether oxygens (including phenoxy) is 1. The molecule has 2 rings (SSSR count). The number of halogens is 1. The Hall–Kier alpha value is -0.150. The van der Waals surface area contributed by atoms with E-state index in [1.54, 1.807) is 0 Å². The van der Waals surface area contributed by atoms with Gasteiger partial charge in [-0.15, -0.1) is 0 Å². The molecule has 0 radical (unpaired) electrons. The van der Waals surface area contributed by atoms with Crippen LogP contribution >= 0.6 is 0 Å². The standard InChI is InChI=1S/C10H18FNO/c11-9-2-1-3-10(9)12-8-4-6-13-7-5-8/h8-10,12H,1-7H2/t9-,10+/m1/s1. The molecule has 1 aliphatic carbocycles. The van der Waals surface area contributed by atoms with Crippen LogP contribution < -0.4 is 5.32 Å². The van der Waals surface area contributed by atoms with Crippen molar-refractivity contribution in [3.05, 3.63) is 0 Å². The van der Waals surface area contributed by atoms with Crippen LogP contribution in [0.1, 0.15) is 32.1 Å². The largest absolute Gasteiger partial charge is 0.381 e. The second kappa shape index (κ2) is 4.38. The third-order valence-corrected chi connectivity index (χ3v) is 3.10. The number of nitrogens with one attached hydrogen (secondary N) is 1. The van der Waals surface area contributed by atoms with E-state index in [0.717, 1.165) is 45.3 Å². The molecule has 0 amide bonds. The van der Waals surface area contributed by atoms with Crippen molar-refractivity contribution in [1.82, 2.24) is 5.32 Å². The van der Waals surface area contributed by atoms with Crippen LogP contribution in [0.15, 0.2) is 0 Å². The molecule has 1 N–H and O–H groups in total. The average molecular weight is 187 g/mol. The number of rotatable bonds is 2. The second-order valence-corrected chi connectivity index (χ2v) is 4.11. The van der Waals surface area contributed by atoms with Gasteiger partial charge in [-0.3, -0.25) is 0 Å². The maximum absolute atomic E-state index is 13.2. The molecule has 0 bridgehead atoms. The fourth-order valence-corrected chi connectivity index (χ4v) is 2.27. The molecule has 3 heteroatoms. The van der Waals surface area contributed by atoms with E-state index >= 15 is 0 Å². The quantitative estimate of drug-likeness (QED) is 0.709. The first-order valence-electron chi connectivity index (χ1n) is 5.34. The van der Waals surface area contributed by atoms with Crippen molar-refractivity contribution in [3.63, 3.8) is 0 Å². The third kappa shape index (κ3) is 2.41. The molecule has 76 valence electrons. The molecule has 2 atom stereocenters. The monoisotopic (exact) mass is 187 g/mol. The summed E-state index contributed by atoms with van der Waals surface area (Å²) in [6.45, 7) is 1.67. The lowest BCUT2D eigenvalue weighted by Gasteiger charge is -2.27. The summed E-state index contributed by atoms with van der Waals surface area (Å²) in [6.07, 6.45) is 4.29. The van der Waals surface area contributed by atoms with Crippen LogP contribution in [0.4, 0.5) is 4.39 Å². The van der Waals surface area contributed by atoms with E-state index in [-0.39, 0.29) is 6.04 Å². The van der Waals surface area contributed by atoms with E-state index in [1.165, 1.54) is 0 Å². The van der Waals surface area contributed by atoms with Crippen molar-refractivity contribution in [1.29, 1.82) is 0 Å². The third-order valence-electron chi connectivity index (χ3n) is 3.10. The van der Waals surface area contributed by atoms with Crippen molar-refractivity contribution in [2.45, 2.75) is 50.4 Å². The van der Waals surface area contributed by atoms with E-state index in [0.29, 0.717) is 6.04 Å². The first-order valence-corrected chi connectivity index (χ1v) is 5.34. The molecular formula is C10H18FNO. The van der Waals surface area contributed by atoms with Crippen molar-refractivity contribution < 1.29 is 9.13 Å². The summed E-state index contributed by atoms with van der Waals surface area (Å²) in [5, 5.41) is 3.41. The predicted octanol–water partition coefficient (Wildman–Crippen LogP) is 1.65. The Labute approximate surface area is 78.8 Å². The lowest BCUT2D eigenvalue weighted by Crippen LogP contribution is -2.43. The van der Waals surface area contributed by atoms with E-state index in [4.69, 9.17) is 4.74 Å². The van der Waals surface area contributed by atoms with E-state index in [1.807, 2.05) is 0 Å². The average Bonchev–Trinajstić information content (AvgIpc) is 2.54. The molecule has 1 heterocycles. The highest BCUT2D eigenvalue weighted by Crippen LogP contribution is 2.23. The molecule has 2 nitrogen and oxygen atoms in total. The van der Waals surface area contributed by atoms with E-state index < -0.39 is 6.17 Å². The molecule has 1 saturated heterocycles. The zero-order valence-electron chi connectivity index (χ0n) is 7.97. The van der Waals surface area contributed by atoms with Gasteiger partial charge in [-0.1, -0.05) is 0 Å². The molecule has 13 heavy (non-hydrogen) atoms. The molecule has 0 spiro atoms. The van der Waals surface area contributed by atoms with Crippen molar-refractivity contribution in [2.75, 3.05) is 13.2 Å². The van der Waals surface area contributed by atoms with Crippen molar-refractivity contribution in [3.8, 4) is 0 Å². The maximum Gasteiger partial charge on any atom is 0.115 e. The van der Waals surface area contributed by atoms with Gasteiger partial charge < -0.3 is 10.1 Å². The molecule has 0 aromatic rings. The van der Waals surface area contributed by atoms with Crippen LogP contribution in [0.2, 0.25) is 0 Å². The molecule has 0 aromatic heterocycles. The van der Waals surface area contributed by atoms with Gasteiger partial charge in [-0.05, 0) is 32.1 Å². The van der Waals surface area contributed by atoms with Crippen LogP contribution in [0.3, 0.4) is 0 Å². The Morgan fingerprint density at radius 2 is 1.85 bits per heavy atom. The van der Waals surface area contributed by atoms with Crippen molar-refractivity contribution >= 4 is 0 Å². The first-order chi connectivity index (χ1) is 6.36. The summed E-state index contributed by atoms with van der Waals surface area (Å²) in [5.41, 5.74) is 0. The van der Waals surface area contributed by atoms with Gasteiger partial charge in [0.2, 0.25) is 0 Å². The highest BCUT2D eigenvalue weighted by Gasteiger charge is 2.29. The predicted molar refractivity (Wildman–Crippen MR) is 49.5 cm³/mol. The Morgan fingerprint density at radius 3 is 2.46 bits per heavy atom. The van der Waals surface area contributed by atoms with Crippen LogP contribution in [0, 0.1) is 0 Å². The molecule has 1 aliphatic heterocycles. The second-order valence-electron chi connectivity index (χ2n) is 4.11. The highest BCUT2D eigenvalue weighted by atomic mass is 19.1. The van der Waals surface area contributed by atoms with Gasteiger partial charge in [0.1, 0.15) is 6.17 Å². The van der Waals surface area contributed by atoms with Crippen LogP contribution in [-0.4, -0.2) is 31.5 Å². The fourth-order valence-electron chi connectivity index (χ4n) is 2.27. The number of hydrogen-bond donors (Lipinski definition) is 1. The summed E-state index contributed by atoms with van der Waals surface area (Å²) in [6, 6.07) is 0.623. The molecule has 2 fully saturated rings. The summed E-state index contributed by atoms with van der Waals surface area (Å²) < 4.78 is 18.5. The Bertz CT molecular complexity index is 159. The molecule has 0 unspecified atom stereocenters. The smallest absolute Gasteiger partial charge is 0.115 e. The molecular weight excluding hydrogens is 169 g/mol. The normalized spacial score (nSPS) is 36.7. The van der Waals surface area contributed by atoms with Gasteiger partial charge in [0.05, 0.1) is 0 Å². The zero-order chi connectivity index (χ0) is 9.10. The summed E-state index contributed by atoms with van der Waals surface area (Å²) in [5.74, 6) is 0. The SMILES string of the molecule is F[C@@H]1CCC[C@@H]1NC1CCOCC1.